The van der Waals surface area contributed by atoms with E-state index in [4.69, 9.17) is 9.47 Å². The smallest absolute Gasteiger partial charge is 0.227 e. The number of methoxy groups -OCH3 is 2. The van der Waals surface area contributed by atoms with E-state index >= 15 is 0 Å². The lowest BCUT2D eigenvalue weighted by atomic mass is 9.99. The van der Waals surface area contributed by atoms with E-state index in [0.717, 1.165) is 11.6 Å². The van der Waals surface area contributed by atoms with Crippen LogP contribution in [-0.2, 0) is 17.8 Å². The number of ether oxygens (including phenoxy) is 2. The summed E-state index contributed by atoms with van der Waals surface area (Å²) in [6, 6.07) is 3.43. The first kappa shape index (κ1) is 18.9. The van der Waals surface area contributed by atoms with Gasteiger partial charge in [0.05, 0.1) is 33.2 Å². The van der Waals surface area contributed by atoms with Gasteiger partial charge in [0.2, 0.25) is 5.91 Å². The lowest BCUT2D eigenvalue weighted by Gasteiger charge is -2.32. The number of hydrogen-bond acceptors (Lipinski definition) is 6. The second kappa shape index (κ2) is 7.38. The molecule has 0 aliphatic carbocycles. The van der Waals surface area contributed by atoms with E-state index in [9.17, 15) is 9.59 Å². The van der Waals surface area contributed by atoms with Crippen LogP contribution in [0.25, 0.3) is 0 Å². The van der Waals surface area contributed by atoms with Crippen LogP contribution in [0.4, 0.5) is 0 Å². The molecule has 1 amide bonds. The number of ketones is 1. The summed E-state index contributed by atoms with van der Waals surface area (Å²) in [6.45, 7) is 6.41. The summed E-state index contributed by atoms with van der Waals surface area (Å²) in [7, 11) is 3.04. The molecule has 2 heterocycles. The highest BCUT2D eigenvalue weighted by molar-refractivity contribution is 5.97. The average Bonchev–Trinajstić information content (AvgIpc) is 3.02. The first-order chi connectivity index (χ1) is 12.8. The van der Waals surface area contributed by atoms with Gasteiger partial charge in [-0.05, 0) is 38.5 Å². The van der Waals surface area contributed by atoms with Gasteiger partial charge in [-0.3, -0.25) is 9.59 Å². The van der Waals surface area contributed by atoms with E-state index < -0.39 is 0 Å². The molecule has 1 aliphatic heterocycles. The maximum atomic E-state index is 12.9. The number of nitrogens with zero attached hydrogens (tertiary/aromatic N) is 4. The fourth-order valence-electron chi connectivity index (χ4n) is 3.59. The number of Topliss-reactive ketones (excluding diaryl/α,β-unsaturated/α-hetero) is 1. The number of carbonyl (C=O) groups is 2. The third-order valence-electron chi connectivity index (χ3n) is 4.88. The predicted molar refractivity (Wildman–Crippen MR) is 98.1 cm³/mol. The summed E-state index contributed by atoms with van der Waals surface area (Å²) in [6.07, 6.45) is 0.106. The molecule has 1 aromatic carbocycles. The molecule has 0 radical (unpaired) electrons. The summed E-state index contributed by atoms with van der Waals surface area (Å²) < 4.78 is 12.6. The number of aromatic nitrogens is 3. The molecule has 8 heteroatoms. The number of fused-ring (bicyclic) bond motifs is 1. The van der Waals surface area contributed by atoms with Gasteiger partial charge in [0.15, 0.2) is 23.1 Å². The highest BCUT2D eigenvalue weighted by Crippen LogP contribution is 2.31. The lowest BCUT2D eigenvalue weighted by Crippen LogP contribution is -2.41. The van der Waals surface area contributed by atoms with Crippen LogP contribution in [0.15, 0.2) is 12.1 Å². The molecule has 1 atom stereocenters. The Morgan fingerprint density at radius 1 is 1.19 bits per heavy atom. The summed E-state index contributed by atoms with van der Waals surface area (Å²) >= 11 is 0. The van der Waals surface area contributed by atoms with Gasteiger partial charge in [-0.1, -0.05) is 0 Å². The zero-order valence-corrected chi connectivity index (χ0v) is 16.3. The predicted octanol–water partition coefficient (Wildman–Crippen LogP) is 1.95. The monoisotopic (exact) mass is 372 g/mol. The molecule has 3 rings (SSSR count). The Bertz CT molecular complexity index is 890. The van der Waals surface area contributed by atoms with Gasteiger partial charge in [-0.25, -0.2) is 0 Å². The maximum absolute atomic E-state index is 12.9. The molecule has 8 nitrogen and oxygen atoms in total. The number of carbonyl (C=O) groups excluding carboxylic acids is 2. The minimum absolute atomic E-state index is 0.0662. The molecular weight excluding hydrogens is 348 g/mol. The van der Waals surface area contributed by atoms with Gasteiger partial charge < -0.3 is 18.9 Å². The second-order valence-corrected chi connectivity index (χ2v) is 6.75. The second-order valence-electron chi connectivity index (χ2n) is 6.75. The maximum Gasteiger partial charge on any atom is 0.227 e. The van der Waals surface area contributed by atoms with Crippen molar-refractivity contribution in [2.24, 2.45) is 0 Å². The Hall–Kier alpha value is -2.90. The molecular formula is C19H24N4O4. The van der Waals surface area contributed by atoms with Crippen molar-refractivity contribution in [2.75, 3.05) is 20.8 Å². The number of amides is 1. The number of rotatable bonds is 5. The molecule has 0 unspecified atom stereocenters. The third-order valence-corrected chi connectivity index (χ3v) is 4.88. The van der Waals surface area contributed by atoms with Crippen LogP contribution in [0.2, 0.25) is 0 Å². The van der Waals surface area contributed by atoms with Crippen molar-refractivity contribution in [1.82, 2.24) is 19.7 Å². The first-order valence-electron chi connectivity index (χ1n) is 8.79. The van der Waals surface area contributed by atoms with Crippen molar-refractivity contribution < 1.29 is 19.1 Å². The molecule has 0 saturated carbocycles. The Morgan fingerprint density at radius 3 is 2.48 bits per heavy atom. The van der Waals surface area contributed by atoms with Crippen LogP contribution in [0.1, 0.15) is 47.5 Å². The normalized spacial score (nSPS) is 16.0. The van der Waals surface area contributed by atoms with Crippen molar-refractivity contribution in [2.45, 2.75) is 39.8 Å². The van der Waals surface area contributed by atoms with Gasteiger partial charge >= 0.3 is 0 Å². The molecule has 2 aromatic rings. The van der Waals surface area contributed by atoms with E-state index in [0.29, 0.717) is 35.7 Å². The van der Waals surface area contributed by atoms with Gasteiger partial charge in [0, 0.05) is 12.1 Å². The number of hydrogen-bond donors (Lipinski definition) is 0. The third kappa shape index (κ3) is 3.51. The standard InChI is InChI=1S/C19H24N4O4/c1-11-9-22(10-18-21-20-13(3)23(11)18)19(25)7-14-6-16(26-4)17(27-5)8-15(14)12(2)24/h6,8,11H,7,9-10H2,1-5H3/t11-/m1/s1. The van der Waals surface area contributed by atoms with Crippen molar-refractivity contribution in [3.63, 3.8) is 0 Å². The zero-order valence-electron chi connectivity index (χ0n) is 16.3. The minimum atomic E-state index is -0.124. The molecule has 144 valence electrons. The molecule has 0 saturated heterocycles. The lowest BCUT2D eigenvalue weighted by molar-refractivity contribution is -0.132. The topological polar surface area (TPSA) is 86.5 Å². The average molecular weight is 372 g/mol. The quantitative estimate of drug-likeness (QED) is 0.746. The zero-order chi connectivity index (χ0) is 19.7. The van der Waals surface area contributed by atoms with Crippen molar-refractivity contribution in [1.29, 1.82) is 0 Å². The Morgan fingerprint density at radius 2 is 1.85 bits per heavy atom. The highest BCUT2D eigenvalue weighted by Gasteiger charge is 2.29. The molecule has 0 fully saturated rings. The van der Waals surface area contributed by atoms with Crippen LogP contribution in [0.5, 0.6) is 11.5 Å². The molecule has 0 bridgehead atoms. The van der Waals surface area contributed by atoms with Gasteiger partial charge in [0.1, 0.15) is 5.82 Å². The summed E-state index contributed by atoms with van der Waals surface area (Å²) in [4.78, 5) is 26.8. The van der Waals surface area contributed by atoms with Crippen molar-refractivity contribution in [3.8, 4) is 11.5 Å². The SMILES string of the molecule is COc1cc(CC(=O)N2Cc3nnc(C)n3[C@H](C)C2)c(C(C)=O)cc1OC. The largest absolute Gasteiger partial charge is 0.493 e. The van der Waals surface area contributed by atoms with Crippen molar-refractivity contribution in [3.05, 3.63) is 34.9 Å². The van der Waals surface area contributed by atoms with Gasteiger partial charge in [-0.15, -0.1) is 10.2 Å². The molecule has 1 aliphatic rings. The van der Waals surface area contributed by atoms with Crippen LogP contribution >= 0.6 is 0 Å². The molecule has 0 spiro atoms. The number of benzene rings is 1. The summed E-state index contributed by atoms with van der Waals surface area (Å²) in [5.74, 6) is 2.40. The van der Waals surface area contributed by atoms with E-state index in [2.05, 4.69) is 14.8 Å². The van der Waals surface area contributed by atoms with Crippen LogP contribution in [0, 0.1) is 6.92 Å². The van der Waals surface area contributed by atoms with Gasteiger partial charge in [-0.2, -0.15) is 0 Å². The Kier molecular flexibility index (Phi) is 5.16. The van der Waals surface area contributed by atoms with Crippen molar-refractivity contribution >= 4 is 11.7 Å². The Balaban J connectivity index is 1.87. The van der Waals surface area contributed by atoms with E-state index in [1.54, 1.807) is 17.0 Å². The van der Waals surface area contributed by atoms with E-state index in [1.165, 1.54) is 21.1 Å². The molecule has 0 N–H and O–H groups in total. The van der Waals surface area contributed by atoms with E-state index in [-0.39, 0.29) is 24.2 Å². The fraction of sp³-hybridized carbons (Fsp3) is 0.474. The highest BCUT2D eigenvalue weighted by atomic mass is 16.5. The summed E-state index contributed by atoms with van der Waals surface area (Å²) in [5.41, 5.74) is 1.09. The van der Waals surface area contributed by atoms with Crippen LogP contribution in [-0.4, -0.2) is 52.1 Å². The van der Waals surface area contributed by atoms with Crippen LogP contribution < -0.4 is 9.47 Å². The van der Waals surface area contributed by atoms with Gasteiger partial charge in [0.25, 0.3) is 0 Å². The Labute approximate surface area is 158 Å². The summed E-state index contributed by atoms with van der Waals surface area (Å²) in [5, 5.41) is 8.28. The van der Waals surface area contributed by atoms with Crippen LogP contribution in [0.3, 0.4) is 0 Å². The molecule has 1 aromatic heterocycles. The number of aryl methyl sites for hydroxylation is 1. The fourth-order valence-corrected chi connectivity index (χ4v) is 3.59. The minimum Gasteiger partial charge on any atom is -0.493 e. The first-order valence-corrected chi connectivity index (χ1v) is 8.79. The van der Waals surface area contributed by atoms with E-state index in [1.807, 2.05) is 13.8 Å². The molecule has 27 heavy (non-hydrogen) atoms.